The van der Waals surface area contributed by atoms with E-state index in [1.165, 1.54) is 196 Å². The molecule has 6 nitrogen and oxygen atoms in total. The number of ether oxygens (including phenoxy) is 3. The molecule has 360 valence electrons. The van der Waals surface area contributed by atoms with Gasteiger partial charge in [-0.25, -0.2) is 0 Å². The van der Waals surface area contributed by atoms with Crippen molar-refractivity contribution in [2.75, 3.05) is 26.4 Å². The second-order valence-corrected chi connectivity index (χ2v) is 24.1. The monoisotopic (exact) mass is 989 g/mol. The molecule has 73 heavy (non-hydrogen) atoms. The van der Waals surface area contributed by atoms with Crippen LogP contribution in [0.4, 0.5) is 34.1 Å². The molecule has 7 aromatic rings. The van der Waals surface area contributed by atoms with Crippen LogP contribution in [0.3, 0.4) is 0 Å². The summed E-state index contributed by atoms with van der Waals surface area (Å²) in [6.07, 6.45) is 23.7. The summed E-state index contributed by atoms with van der Waals surface area (Å²) < 4.78 is 26.4. The Hall–Kier alpha value is -5.77. The Morgan fingerprint density at radius 3 is 1.40 bits per heavy atom. The second kappa shape index (κ2) is 16.9. The molecule has 9 aliphatic rings. The minimum absolute atomic E-state index is 0.0210. The molecule has 3 fully saturated rings. The van der Waals surface area contributed by atoms with Crippen LogP contribution >= 0.6 is 23.9 Å². The van der Waals surface area contributed by atoms with Crippen LogP contribution in [-0.2, 0) is 0 Å². The van der Waals surface area contributed by atoms with Gasteiger partial charge in [0.15, 0.2) is 0 Å². The smallest absolute Gasteiger partial charge is 0.260 e. The number of hydrogen-bond donors (Lipinski definition) is 1. The van der Waals surface area contributed by atoms with Crippen LogP contribution in [0.2, 0.25) is 0 Å². The number of para-hydroxylation sites is 2. The van der Waals surface area contributed by atoms with Gasteiger partial charge in [0.25, 0.3) is 20.1 Å². The van der Waals surface area contributed by atoms with Gasteiger partial charge in [-0.05, 0) is 195 Å². The van der Waals surface area contributed by atoms with E-state index in [1.54, 1.807) is 0 Å². The van der Waals surface area contributed by atoms with Crippen LogP contribution in [0.15, 0.2) is 109 Å². The van der Waals surface area contributed by atoms with Crippen molar-refractivity contribution in [3.63, 3.8) is 0 Å². The second-order valence-electron chi connectivity index (χ2n) is 22.6. The van der Waals surface area contributed by atoms with Crippen molar-refractivity contribution >= 4 is 127 Å². The molecule has 11 heteroatoms. The number of hydrogen-bond acceptors (Lipinski definition) is 8. The predicted molar refractivity (Wildman–Crippen MR) is 311 cm³/mol. The number of anilines is 6. The lowest BCUT2D eigenvalue weighted by Crippen LogP contribution is -2.65. The van der Waals surface area contributed by atoms with Gasteiger partial charge < -0.3 is 19.5 Å². The Morgan fingerprint density at radius 1 is 0.384 bits per heavy atom. The van der Waals surface area contributed by atoms with Gasteiger partial charge in [0, 0.05) is 41.1 Å². The van der Waals surface area contributed by atoms with Crippen LogP contribution in [0, 0.1) is 0 Å². The molecule has 0 unspecified atom stereocenters. The van der Waals surface area contributed by atoms with E-state index in [0.717, 1.165) is 34.5 Å². The van der Waals surface area contributed by atoms with Crippen LogP contribution in [0.25, 0.3) is 0 Å². The maximum absolute atomic E-state index is 7.33. The molecule has 0 bridgehead atoms. The summed E-state index contributed by atoms with van der Waals surface area (Å²) in [6.45, 7) is -0.0107. The summed E-state index contributed by atoms with van der Waals surface area (Å²) in [5.74, 6) is 7.45. The maximum atomic E-state index is 7.33. The first kappa shape index (κ1) is 43.6. The van der Waals surface area contributed by atoms with Crippen molar-refractivity contribution in [2.45, 2.75) is 114 Å². The van der Waals surface area contributed by atoms with Crippen LogP contribution in [0.1, 0.15) is 131 Å². The van der Waals surface area contributed by atoms with Gasteiger partial charge in [-0.1, -0.05) is 106 Å². The molecule has 6 heterocycles. The Labute approximate surface area is 439 Å². The van der Waals surface area contributed by atoms with E-state index in [-0.39, 0.29) is 20.1 Å². The lowest BCUT2D eigenvalue weighted by atomic mass is 9.29. The summed E-state index contributed by atoms with van der Waals surface area (Å²) in [7, 11) is 0. The van der Waals surface area contributed by atoms with Gasteiger partial charge in [-0.3, -0.25) is 8.61 Å². The fourth-order valence-electron chi connectivity index (χ4n) is 15.4. The van der Waals surface area contributed by atoms with Crippen LogP contribution in [-0.4, -0.2) is 32.6 Å². The summed E-state index contributed by atoms with van der Waals surface area (Å²) in [5.41, 5.74) is 23.3. The third-order valence-electron chi connectivity index (χ3n) is 18.8. The first-order chi connectivity index (χ1) is 36.1. The van der Waals surface area contributed by atoms with Crippen molar-refractivity contribution in [2.24, 2.45) is 0 Å². The fourth-order valence-corrected chi connectivity index (χ4v) is 16.8. The van der Waals surface area contributed by atoms with Gasteiger partial charge in [0.1, 0.15) is 34.5 Å². The molecule has 0 spiro atoms. The normalized spacial score (nSPS) is 18.8. The molecule has 3 saturated carbocycles. The third-order valence-corrected chi connectivity index (χ3v) is 20.3. The zero-order valence-electron chi connectivity index (χ0n) is 41.9. The molecule has 7 aromatic carbocycles. The Balaban J connectivity index is 0.925. The first-order valence-corrected chi connectivity index (χ1v) is 30.0. The maximum Gasteiger partial charge on any atom is 0.260 e. The first-order valence-electron chi connectivity index (χ1n) is 27.6. The zero-order chi connectivity index (χ0) is 48.1. The minimum atomic E-state index is -0.0212. The van der Waals surface area contributed by atoms with E-state index in [1.807, 2.05) is 23.9 Å². The molecule has 0 amide bonds. The summed E-state index contributed by atoms with van der Waals surface area (Å²) in [5, 5.41) is 4.12. The summed E-state index contributed by atoms with van der Waals surface area (Å²) in [4.78, 5) is 0. The topological polar surface area (TPSA) is 46.2 Å². The molecule has 0 saturated heterocycles. The molecule has 16 rings (SSSR count). The van der Waals surface area contributed by atoms with E-state index in [4.69, 9.17) is 14.2 Å². The van der Waals surface area contributed by atoms with Gasteiger partial charge in [-0.2, -0.15) is 0 Å². The van der Waals surface area contributed by atoms with E-state index < -0.39 is 0 Å². The SMILES string of the molecule is CSN1c2cc3c(cc2B2c4cc5c(cc4N(SC)c4cc(C6CCCCC6)cc1c42)Oc1cc(C2CCCCC2)cc2c1B5c1ccccc1O2)B1c2ccccc2Oc2cc(C4CCCCC4)cc(c21)N3. The number of fused-ring (bicyclic) bond motifs is 12. The molecule has 3 aliphatic carbocycles. The van der Waals surface area contributed by atoms with Gasteiger partial charge in [-0.15, -0.1) is 0 Å². The third kappa shape index (κ3) is 6.55. The molecule has 0 aromatic heterocycles. The van der Waals surface area contributed by atoms with E-state index in [9.17, 15) is 0 Å². The highest BCUT2D eigenvalue weighted by Crippen LogP contribution is 2.49. The lowest BCUT2D eigenvalue weighted by Gasteiger charge is -2.45. The predicted octanol–water partition coefficient (Wildman–Crippen LogP) is 11.2. The van der Waals surface area contributed by atoms with E-state index >= 15 is 0 Å². The standard InChI is InChI=1S/C62H58B3N3O3S2/c1-72-67-50-34-48-44(63-42-22-12-14-24-54(42)69-57-29-39(26-49(66-48)60(57)63)36-16-6-3-7-17-36)32-45(50)65-46-33-47-56(35-51(46)68(73-2)53-28-40(27-52(67)61(53)65)37-18-8-4-9-19-37)71-59-31-41(38-20-10-5-11-21-38)30-58-62(59)64(47)43-23-13-15-25-55(43)70-58/h12-15,22-38,66H,3-11,16-21H2,1-2H3. The Bertz CT molecular complexity index is 3260. The molecule has 1 N–H and O–H groups in total. The van der Waals surface area contributed by atoms with Gasteiger partial charge in [0.05, 0.1) is 17.1 Å². The zero-order valence-corrected chi connectivity index (χ0v) is 43.5. The van der Waals surface area contributed by atoms with E-state index in [0.29, 0.717) is 17.8 Å². The molecular formula is C62H58B3N3O3S2. The van der Waals surface area contributed by atoms with Crippen molar-refractivity contribution < 1.29 is 14.2 Å². The molecule has 0 atom stereocenters. The Morgan fingerprint density at radius 2 is 0.836 bits per heavy atom. The largest absolute Gasteiger partial charge is 0.458 e. The molecular weight excluding hydrogens is 931 g/mol. The fraction of sp³-hybridized carbons (Fsp3) is 0.323. The number of nitrogens with zero attached hydrogens (tertiary/aromatic N) is 2. The van der Waals surface area contributed by atoms with Gasteiger partial charge >= 0.3 is 0 Å². The van der Waals surface area contributed by atoms with Gasteiger partial charge in [0.2, 0.25) is 0 Å². The number of rotatable bonds is 5. The van der Waals surface area contributed by atoms with E-state index in [2.05, 4.69) is 136 Å². The van der Waals surface area contributed by atoms with Crippen LogP contribution < -0.4 is 77.3 Å². The highest BCUT2D eigenvalue weighted by Gasteiger charge is 2.49. The minimum Gasteiger partial charge on any atom is -0.458 e. The summed E-state index contributed by atoms with van der Waals surface area (Å²) >= 11 is 3.67. The Kier molecular flexibility index (Phi) is 10.1. The highest BCUT2D eigenvalue weighted by molar-refractivity contribution is 8.00. The van der Waals surface area contributed by atoms with Crippen molar-refractivity contribution in [3.8, 4) is 34.5 Å². The average Bonchev–Trinajstić information content (AvgIpc) is 3.44. The van der Waals surface area contributed by atoms with Crippen molar-refractivity contribution in [1.29, 1.82) is 0 Å². The molecule has 6 aliphatic heterocycles. The highest BCUT2D eigenvalue weighted by atomic mass is 32.2. The lowest BCUT2D eigenvalue weighted by molar-refractivity contribution is 0.433. The summed E-state index contributed by atoms with van der Waals surface area (Å²) in [6, 6.07) is 42.5. The average molecular weight is 990 g/mol. The van der Waals surface area contributed by atoms with Crippen molar-refractivity contribution in [1.82, 2.24) is 0 Å². The van der Waals surface area contributed by atoms with Crippen molar-refractivity contribution in [3.05, 3.63) is 126 Å². The van der Waals surface area contributed by atoms with Crippen LogP contribution in [0.5, 0.6) is 34.5 Å². The quantitative estimate of drug-likeness (QED) is 0.135. The molecule has 0 radical (unpaired) electrons. The number of benzene rings is 7. The number of nitrogens with one attached hydrogen (secondary N) is 1.